The predicted molar refractivity (Wildman–Crippen MR) is 89.6 cm³/mol. The van der Waals surface area contributed by atoms with E-state index in [1.54, 1.807) is 11.0 Å². The third kappa shape index (κ3) is 3.15. The van der Waals surface area contributed by atoms with Crippen LogP contribution in [0.15, 0.2) is 46.8 Å². The van der Waals surface area contributed by atoms with E-state index in [-0.39, 0.29) is 0 Å². The maximum Gasteiger partial charge on any atom is 0.215 e. The molecular formula is C16H17N7S. The first kappa shape index (κ1) is 15.2. The van der Waals surface area contributed by atoms with Crippen molar-refractivity contribution in [1.29, 1.82) is 0 Å². The highest BCUT2D eigenvalue weighted by Gasteiger charge is 2.21. The Morgan fingerprint density at radius 3 is 2.92 bits per heavy atom. The van der Waals surface area contributed by atoms with Crippen LogP contribution in [0.3, 0.4) is 0 Å². The Morgan fingerprint density at radius 1 is 1.17 bits per heavy atom. The summed E-state index contributed by atoms with van der Waals surface area (Å²) in [6, 6.07) is 10.2. The van der Waals surface area contributed by atoms with Gasteiger partial charge in [-0.2, -0.15) is 0 Å². The highest BCUT2D eigenvalue weighted by Crippen LogP contribution is 2.30. The third-order valence-corrected chi connectivity index (χ3v) is 5.04. The van der Waals surface area contributed by atoms with Gasteiger partial charge in [0, 0.05) is 25.1 Å². The zero-order valence-corrected chi connectivity index (χ0v) is 14.1. The lowest BCUT2D eigenvalue weighted by Crippen LogP contribution is -2.28. The standard InChI is InChI=1S/C16H17N7S/c1-22-8-7-14-13(10-22)15(18-11-17-14)24-16-19-20-21-23(16)9-12-5-3-2-4-6-12/h2-6,11H,7-10H2,1H3. The lowest BCUT2D eigenvalue weighted by Gasteiger charge is -2.24. The van der Waals surface area contributed by atoms with Crippen LogP contribution in [0.1, 0.15) is 16.8 Å². The number of hydrogen-bond acceptors (Lipinski definition) is 7. The molecule has 0 fully saturated rings. The van der Waals surface area contributed by atoms with E-state index in [0.29, 0.717) is 6.54 Å². The molecule has 1 aliphatic heterocycles. The van der Waals surface area contributed by atoms with Gasteiger partial charge in [0.1, 0.15) is 11.4 Å². The number of tetrazole rings is 1. The number of hydrogen-bond donors (Lipinski definition) is 0. The van der Waals surface area contributed by atoms with Crippen LogP contribution >= 0.6 is 11.8 Å². The quantitative estimate of drug-likeness (QED) is 0.669. The third-order valence-electron chi connectivity index (χ3n) is 4.02. The SMILES string of the molecule is CN1CCc2ncnc(Sc3nnnn3Cc3ccccc3)c2C1. The largest absolute Gasteiger partial charge is 0.302 e. The second kappa shape index (κ2) is 6.66. The second-order valence-corrected chi connectivity index (χ2v) is 6.75. The Labute approximate surface area is 144 Å². The number of fused-ring (bicyclic) bond motifs is 1. The first-order valence-electron chi connectivity index (χ1n) is 7.79. The second-order valence-electron chi connectivity index (χ2n) is 5.80. The van der Waals surface area contributed by atoms with Crippen LogP contribution in [0.4, 0.5) is 0 Å². The molecule has 0 saturated heterocycles. The van der Waals surface area contributed by atoms with E-state index in [1.807, 2.05) is 18.2 Å². The molecule has 1 aromatic carbocycles. The topological polar surface area (TPSA) is 72.6 Å². The van der Waals surface area contributed by atoms with E-state index in [1.165, 1.54) is 17.3 Å². The lowest BCUT2D eigenvalue weighted by atomic mass is 10.1. The number of nitrogens with zero attached hydrogens (tertiary/aromatic N) is 7. The van der Waals surface area contributed by atoms with Crippen LogP contribution in [-0.2, 0) is 19.5 Å². The van der Waals surface area contributed by atoms with Crippen molar-refractivity contribution < 1.29 is 0 Å². The average Bonchev–Trinajstić information content (AvgIpc) is 3.03. The van der Waals surface area contributed by atoms with Crippen LogP contribution in [0.2, 0.25) is 0 Å². The molecule has 1 aliphatic rings. The highest BCUT2D eigenvalue weighted by molar-refractivity contribution is 7.99. The van der Waals surface area contributed by atoms with Crippen LogP contribution in [-0.4, -0.2) is 48.7 Å². The first-order valence-corrected chi connectivity index (χ1v) is 8.60. The van der Waals surface area contributed by atoms with Crippen LogP contribution < -0.4 is 0 Å². The van der Waals surface area contributed by atoms with Gasteiger partial charge in [-0.3, -0.25) is 0 Å². The molecule has 122 valence electrons. The van der Waals surface area contributed by atoms with Crippen LogP contribution in [0.25, 0.3) is 0 Å². The summed E-state index contributed by atoms with van der Waals surface area (Å²) in [6.07, 6.45) is 2.59. The molecule has 2 aromatic heterocycles. The molecule has 0 amide bonds. The molecule has 0 N–H and O–H groups in total. The molecule has 0 radical (unpaired) electrons. The van der Waals surface area contributed by atoms with E-state index in [4.69, 9.17) is 0 Å². The maximum atomic E-state index is 4.47. The van der Waals surface area contributed by atoms with Crippen molar-refractivity contribution in [2.45, 2.75) is 29.7 Å². The van der Waals surface area contributed by atoms with Gasteiger partial charge in [0.15, 0.2) is 0 Å². The minimum absolute atomic E-state index is 0.642. The van der Waals surface area contributed by atoms with Crippen molar-refractivity contribution in [3.8, 4) is 0 Å². The van der Waals surface area contributed by atoms with Gasteiger partial charge < -0.3 is 4.90 Å². The lowest BCUT2D eigenvalue weighted by molar-refractivity contribution is 0.305. The zero-order chi connectivity index (χ0) is 16.4. The molecule has 0 atom stereocenters. The molecule has 8 heteroatoms. The maximum absolute atomic E-state index is 4.47. The van der Waals surface area contributed by atoms with Crippen molar-refractivity contribution in [3.05, 3.63) is 53.5 Å². The molecular weight excluding hydrogens is 322 g/mol. The molecule has 0 saturated carbocycles. The van der Waals surface area contributed by atoms with Crippen molar-refractivity contribution in [2.75, 3.05) is 13.6 Å². The summed E-state index contributed by atoms with van der Waals surface area (Å²) in [7, 11) is 2.11. The Hall–Kier alpha value is -2.32. The fourth-order valence-electron chi connectivity index (χ4n) is 2.75. The van der Waals surface area contributed by atoms with Crippen molar-refractivity contribution in [1.82, 2.24) is 35.1 Å². The van der Waals surface area contributed by atoms with Gasteiger partial charge in [0.2, 0.25) is 5.16 Å². The molecule has 7 nitrogen and oxygen atoms in total. The summed E-state index contributed by atoms with van der Waals surface area (Å²) in [6.45, 7) is 2.53. The molecule has 0 aliphatic carbocycles. The fraction of sp³-hybridized carbons (Fsp3) is 0.312. The Kier molecular flexibility index (Phi) is 4.22. The van der Waals surface area contributed by atoms with E-state index in [9.17, 15) is 0 Å². The molecule has 0 spiro atoms. The Balaban J connectivity index is 1.60. The van der Waals surface area contributed by atoms with E-state index < -0.39 is 0 Å². The van der Waals surface area contributed by atoms with Gasteiger partial charge in [0.05, 0.1) is 12.2 Å². The number of rotatable bonds is 4. The van der Waals surface area contributed by atoms with Gasteiger partial charge >= 0.3 is 0 Å². The Morgan fingerprint density at radius 2 is 2.04 bits per heavy atom. The number of benzene rings is 1. The normalized spacial score (nSPS) is 14.5. The number of likely N-dealkylation sites (N-methyl/N-ethyl adjacent to an activating group) is 1. The molecule has 4 rings (SSSR count). The van der Waals surface area contributed by atoms with Gasteiger partial charge in [-0.1, -0.05) is 30.3 Å². The molecule has 0 bridgehead atoms. The fourth-order valence-corrected chi connectivity index (χ4v) is 3.61. The summed E-state index contributed by atoms with van der Waals surface area (Å²) in [4.78, 5) is 11.2. The van der Waals surface area contributed by atoms with E-state index in [0.717, 1.165) is 41.0 Å². The smallest absolute Gasteiger partial charge is 0.215 e. The molecule has 24 heavy (non-hydrogen) atoms. The van der Waals surface area contributed by atoms with Gasteiger partial charge in [-0.25, -0.2) is 14.6 Å². The summed E-state index contributed by atoms with van der Waals surface area (Å²) in [5, 5.41) is 13.8. The minimum Gasteiger partial charge on any atom is -0.302 e. The first-order chi connectivity index (χ1) is 11.8. The van der Waals surface area contributed by atoms with Gasteiger partial charge in [-0.15, -0.1) is 5.10 Å². The van der Waals surface area contributed by atoms with E-state index in [2.05, 4.69) is 49.6 Å². The summed E-state index contributed by atoms with van der Waals surface area (Å²) in [5.41, 5.74) is 3.48. The van der Waals surface area contributed by atoms with Crippen molar-refractivity contribution in [3.63, 3.8) is 0 Å². The predicted octanol–water partition coefficient (Wildman–Crippen LogP) is 1.65. The zero-order valence-electron chi connectivity index (χ0n) is 13.3. The van der Waals surface area contributed by atoms with Gasteiger partial charge in [0.25, 0.3) is 0 Å². The van der Waals surface area contributed by atoms with Crippen molar-refractivity contribution in [2.24, 2.45) is 0 Å². The Bertz CT molecular complexity index is 833. The highest BCUT2D eigenvalue weighted by atomic mass is 32.2. The number of aromatic nitrogens is 6. The molecule has 0 unspecified atom stereocenters. The summed E-state index contributed by atoms with van der Waals surface area (Å²) >= 11 is 1.51. The van der Waals surface area contributed by atoms with Gasteiger partial charge in [-0.05, 0) is 34.8 Å². The van der Waals surface area contributed by atoms with Crippen molar-refractivity contribution >= 4 is 11.8 Å². The summed E-state index contributed by atoms with van der Waals surface area (Å²) in [5.74, 6) is 0. The molecule has 3 aromatic rings. The summed E-state index contributed by atoms with van der Waals surface area (Å²) < 4.78 is 1.81. The van der Waals surface area contributed by atoms with E-state index >= 15 is 0 Å². The average molecular weight is 339 g/mol. The van der Waals surface area contributed by atoms with Crippen LogP contribution in [0, 0.1) is 0 Å². The minimum atomic E-state index is 0.642. The monoisotopic (exact) mass is 339 g/mol. The molecule has 3 heterocycles. The van der Waals surface area contributed by atoms with Crippen LogP contribution in [0.5, 0.6) is 0 Å².